The minimum absolute atomic E-state index is 0.123. The van der Waals surface area contributed by atoms with E-state index in [2.05, 4.69) is 40.1 Å². The second-order valence-corrected chi connectivity index (χ2v) is 9.27. The highest BCUT2D eigenvalue weighted by Gasteiger charge is 2.52. The van der Waals surface area contributed by atoms with Crippen LogP contribution >= 0.6 is 0 Å². The molecule has 34 heavy (non-hydrogen) atoms. The molecule has 7 heteroatoms. The first-order chi connectivity index (χ1) is 16.3. The van der Waals surface area contributed by atoms with Crippen LogP contribution in [0.2, 0.25) is 0 Å². The third kappa shape index (κ3) is 3.83. The molecule has 2 aliphatic rings. The quantitative estimate of drug-likeness (QED) is 0.578. The fourth-order valence-corrected chi connectivity index (χ4v) is 4.85. The van der Waals surface area contributed by atoms with Crippen molar-refractivity contribution < 1.29 is 9.53 Å². The number of nitrogens with zero attached hydrogens (tertiary/aromatic N) is 4. The van der Waals surface area contributed by atoms with Crippen LogP contribution in [-0.4, -0.2) is 32.7 Å². The van der Waals surface area contributed by atoms with Gasteiger partial charge in [0.2, 0.25) is 0 Å². The van der Waals surface area contributed by atoms with E-state index in [0.717, 1.165) is 16.8 Å². The third-order valence-corrected chi connectivity index (χ3v) is 6.57. The maximum atomic E-state index is 13.0. The van der Waals surface area contributed by atoms with Crippen molar-refractivity contribution in [2.24, 2.45) is 11.8 Å². The molecule has 0 radical (unpaired) electrons. The van der Waals surface area contributed by atoms with E-state index in [0.29, 0.717) is 23.1 Å². The van der Waals surface area contributed by atoms with Crippen molar-refractivity contribution in [3.8, 4) is 22.5 Å². The van der Waals surface area contributed by atoms with Gasteiger partial charge < -0.3 is 10.5 Å². The Bertz CT molecular complexity index is 1270. The summed E-state index contributed by atoms with van der Waals surface area (Å²) in [5, 5.41) is 0. The molecule has 3 heterocycles. The molecule has 3 atom stereocenters. The molecule has 0 spiro atoms. The summed E-state index contributed by atoms with van der Waals surface area (Å²) in [7, 11) is 0. The summed E-state index contributed by atoms with van der Waals surface area (Å²) in [5.41, 5.74) is 8.79. The van der Waals surface area contributed by atoms with E-state index < -0.39 is 5.60 Å². The normalized spacial score (nSPS) is 23.2. The van der Waals surface area contributed by atoms with E-state index in [1.807, 2.05) is 50.3 Å². The Morgan fingerprint density at radius 2 is 1.71 bits per heavy atom. The highest BCUT2D eigenvalue weighted by Crippen LogP contribution is 2.42. The van der Waals surface area contributed by atoms with Crippen LogP contribution in [0.4, 0.5) is 16.3 Å². The Kier molecular flexibility index (Phi) is 5.40. The molecule has 1 aromatic carbocycles. The number of carbonyl (C=O) groups excluding carboxylic acids is 1. The zero-order chi connectivity index (χ0) is 23.9. The Morgan fingerprint density at radius 3 is 2.41 bits per heavy atom. The number of pyridine rings is 1. The third-order valence-electron chi connectivity index (χ3n) is 6.57. The fourth-order valence-electron chi connectivity index (χ4n) is 4.85. The number of amides is 1. The molecule has 1 amide bonds. The molecule has 2 N–H and O–H groups in total. The predicted molar refractivity (Wildman–Crippen MR) is 133 cm³/mol. The van der Waals surface area contributed by atoms with Crippen molar-refractivity contribution in [2.45, 2.75) is 32.4 Å². The first-order valence-electron chi connectivity index (χ1n) is 11.4. The number of nitrogens with two attached hydrogens (primary N) is 1. The Morgan fingerprint density at radius 1 is 1.00 bits per heavy atom. The number of carbonyl (C=O) groups is 1. The number of benzene rings is 1. The molecule has 0 bridgehead atoms. The number of hydrogen-bond donors (Lipinski definition) is 1. The second-order valence-electron chi connectivity index (χ2n) is 9.27. The highest BCUT2D eigenvalue weighted by atomic mass is 16.6. The minimum Gasteiger partial charge on any atom is -0.441 e. The first-order valence-corrected chi connectivity index (χ1v) is 11.4. The van der Waals surface area contributed by atoms with Gasteiger partial charge in [0, 0.05) is 35.8 Å². The van der Waals surface area contributed by atoms with Gasteiger partial charge in [0.25, 0.3) is 0 Å². The second kappa shape index (κ2) is 8.41. The Labute approximate surface area is 199 Å². The molecule has 1 fully saturated rings. The molecule has 172 valence electrons. The average molecular weight is 454 g/mol. The zero-order valence-electron chi connectivity index (χ0n) is 19.4. The number of allylic oxidation sites excluding steroid dienone is 3. The van der Waals surface area contributed by atoms with Gasteiger partial charge >= 0.3 is 6.09 Å². The van der Waals surface area contributed by atoms with Gasteiger partial charge in [-0.2, -0.15) is 0 Å². The number of ether oxygens (including phenoxy) is 1. The SMILES string of the molecule is CC1C=CC=CC1C1N(c2ccc(-c3cnc(N)c(-c4ncccn4)c3)cc2)C(=O)OC1(C)C. The molecule has 1 aliphatic carbocycles. The van der Waals surface area contributed by atoms with Gasteiger partial charge in [-0.05, 0) is 49.6 Å². The maximum absolute atomic E-state index is 13.0. The molecular formula is C27H27N5O2. The first kappa shape index (κ1) is 21.8. The molecule has 7 nitrogen and oxygen atoms in total. The van der Waals surface area contributed by atoms with Crippen LogP contribution in [0, 0.1) is 11.8 Å². The number of nitrogen functional groups attached to an aromatic ring is 1. The molecular weight excluding hydrogens is 426 g/mol. The number of aromatic nitrogens is 3. The fraction of sp³-hybridized carbons (Fsp3) is 0.259. The molecule has 5 rings (SSSR count). The van der Waals surface area contributed by atoms with Crippen molar-refractivity contribution >= 4 is 17.6 Å². The Balaban J connectivity index is 1.48. The number of rotatable bonds is 4. The smallest absolute Gasteiger partial charge is 0.415 e. The monoisotopic (exact) mass is 453 g/mol. The average Bonchev–Trinajstić information content (AvgIpc) is 3.08. The van der Waals surface area contributed by atoms with Gasteiger partial charge in [-0.1, -0.05) is 43.4 Å². The van der Waals surface area contributed by atoms with E-state index in [9.17, 15) is 4.79 Å². The summed E-state index contributed by atoms with van der Waals surface area (Å²) in [4.78, 5) is 27.7. The Hall–Kier alpha value is -4.00. The highest BCUT2D eigenvalue weighted by molar-refractivity contribution is 5.92. The summed E-state index contributed by atoms with van der Waals surface area (Å²) in [6, 6.07) is 11.4. The molecule has 0 saturated carbocycles. The van der Waals surface area contributed by atoms with Gasteiger partial charge in [0.05, 0.1) is 11.6 Å². The summed E-state index contributed by atoms with van der Waals surface area (Å²) in [5.74, 6) is 1.35. The lowest BCUT2D eigenvalue weighted by Crippen LogP contribution is -2.48. The standard InChI is InChI=1S/C27H27N5O2/c1-17-7-4-5-8-21(17)23-27(2,3)34-26(33)32(23)20-11-9-18(10-12-20)19-15-22(24(28)31-16-19)25-29-13-6-14-30-25/h4-17,21,23H,1-3H3,(H2,28,31). The van der Waals surface area contributed by atoms with Crippen LogP contribution in [-0.2, 0) is 4.74 Å². The lowest BCUT2D eigenvalue weighted by atomic mass is 9.77. The topological polar surface area (TPSA) is 94.2 Å². The molecule has 2 aromatic heterocycles. The van der Waals surface area contributed by atoms with E-state index >= 15 is 0 Å². The van der Waals surface area contributed by atoms with Crippen molar-refractivity contribution in [3.05, 3.63) is 79.3 Å². The zero-order valence-corrected chi connectivity index (χ0v) is 19.4. The van der Waals surface area contributed by atoms with Gasteiger partial charge in [0.1, 0.15) is 11.4 Å². The van der Waals surface area contributed by atoms with Crippen LogP contribution in [0.15, 0.2) is 79.3 Å². The van der Waals surface area contributed by atoms with E-state index in [4.69, 9.17) is 10.5 Å². The lowest BCUT2D eigenvalue weighted by molar-refractivity contribution is 0.0565. The van der Waals surface area contributed by atoms with Crippen LogP contribution in [0.25, 0.3) is 22.5 Å². The largest absolute Gasteiger partial charge is 0.441 e. The predicted octanol–water partition coefficient (Wildman–Crippen LogP) is 5.27. The van der Waals surface area contributed by atoms with Crippen LogP contribution in [0.5, 0.6) is 0 Å². The van der Waals surface area contributed by atoms with E-state index in [1.165, 1.54) is 0 Å². The van der Waals surface area contributed by atoms with Crippen LogP contribution in [0.3, 0.4) is 0 Å². The number of cyclic esters (lactones) is 1. The van der Waals surface area contributed by atoms with Crippen molar-refractivity contribution in [3.63, 3.8) is 0 Å². The minimum atomic E-state index is -0.615. The maximum Gasteiger partial charge on any atom is 0.415 e. The summed E-state index contributed by atoms with van der Waals surface area (Å²) in [6.07, 6.45) is 13.2. The van der Waals surface area contributed by atoms with Gasteiger partial charge in [-0.3, -0.25) is 4.90 Å². The summed E-state index contributed by atoms with van der Waals surface area (Å²) < 4.78 is 5.81. The summed E-state index contributed by atoms with van der Waals surface area (Å²) in [6.45, 7) is 6.14. The van der Waals surface area contributed by atoms with Gasteiger partial charge in [-0.15, -0.1) is 0 Å². The lowest BCUT2D eigenvalue weighted by Gasteiger charge is -2.37. The van der Waals surface area contributed by atoms with Crippen molar-refractivity contribution in [1.82, 2.24) is 15.0 Å². The molecule has 1 aliphatic heterocycles. The van der Waals surface area contributed by atoms with Gasteiger partial charge in [0.15, 0.2) is 5.82 Å². The summed E-state index contributed by atoms with van der Waals surface area (Å²) >= 11 is 0. The van der Waals surface area contributed by atoms with Crippen LogP contribution in [0.1, 0.15) is 20.8 Å². The molecule has 1 saturated heterocycles. The van der Waals surface area contributed by atoms with E-state index in [1.54, 1.807) is 29.6 Å². The van der Waals surface area contributed by atoms with Crippen molar-refractivity contribution in [2.75, 3.05) is 10.6 Å². The molecule has 3 aromatic rings. The molecule has 3 unspecified atom stereocenters. The number of hydrogen-bond acceptors (Lipinski definition) is 6. The van der Waals surface area contributed by atoms with Gasteiger partial charge in [-0.25, -0.2) is 19.7 Å². The van der Waals surface area contributed by atoms with E-state index in [-0.39, 0.29) is 18.1 Å². The van der Waals surface area contributed by atoms with Crippen molar-refractivity contribution in [1.29, 1.82) is 0 Å². The van der Waals surface area contributed by atoms with Crippen LogP contribution < -0.4 is 10.6 Å². The number of anilines is 2.